The molecule has 11 heteroatoms. The van der Waals surface area contributed by atoms with Crippen LogP contribution in [0.15, 0.2) is 41.3 Å². The number of nitrogens with zero attached hydrogens (tertiary/aromatic N) is 2. The van der Waals surface area contributed by atoms with E-state index in [-0.39, 0.29) is 53.5 Å². The van der Waals surface area contributed by atoms with Crippen LogP contribution in [0.25, 0.3) is 0 Å². The molecule has 8 nitrogen and oxygen atoms in total. The molecule has 2 aliphatic heterocycles. The Morgan fingerprint density at radius 1 is 1.19 bits per heavy atom. The molecule has 2 aromatic rings. The lowest BCUT2D eigenvalue weighted by atomic mass is 10.2. The average molecular weight is 482 g/mol. The van der Waals surface area contributed by atoms with Gasteiger partial charge in [-0.05, 0) is 42.8 Å². The monoisotopic (exact) mass is 481 g/mol. The van der Waals surface area contributed by atoms with E-state index >= 15 is 0 Å². The molecule has 1 fully saturated rings. The van der Waals surface area contributed by atoms with Gasteiger partial charge in [-0.3, -0.25) is 9.59 Å². The van der Waals surface area contributed by atoms with Crippen LogP contribution >= 0.6 is 11.6 Å². The summed E-state index contributed by atoms with van der Waals surface area (Å²) in [6, 6.07) is 8.08. The summed E-state index contributed by atoms with van der Waals surface area (Å²) in [4.78, 5) is 26.2. The molecule has 0 bridgehead atoms. The first-order chi connectivity index (χ1) is 15.2. The lowest BCUT2D eigenvalue weighted by Gasteiger charge is -2.34. The van der Waals surface area contributed by atoms with Crippen LogP contribution in [0.2, 0.25) is 5.02 Å². The summed E-state index contributed by atoms with van der Waals surface area (Å²) in [5.41, 5.74) is 0.547. The molecule has 1 N–H and O–H groups in total. The number of amides is 2. The van der Waals surface area contributed by atoms with Gasteiger partial charge in [-0.1, -0.05) is 18.5 Å². The quantitative estimate of drug-likeness (QED) is 0.724. The zero-order chi connectivity index (χ0) is 23.0. The van der Waals surface area contributed by atoms with Gasteiger partial charge >= 0.3 is 0 Å². The van der Waals surface area contributed by atoms with Crippen molar-refractivity contribution in [3.8, 4) is 5.75 Å². The number of hydrogen-bond acceptors (Lipinski definition) is 5. The number of piperazine rings is 1. The molecular formula is C21H21ClFN3O5S. The zero-order valence-corrected chi connectivity index (χ0v) is 18.7. The molecule has 2 heterocycles. The summed E-state index contributed by atoms with van der Waals surface area (Å²) >= 11 is 5.75. The Balaban J connectivity index is 1.46. The van der Waals surface area contributed by atoms with Gasteiger partial charge < -0.3 is 15.0 Å². The van der Waals surface area contributed by atoms with E-state index in [2.05, 4.69) is 5.32 Å². The van der Waals surface area contributed by atoms with Gasteiger partial charge in [0.15, 0.2) is 6.10 Å². The molecule has 0 unspecified atom stereocenters. The minimum atomic E-state index is -3.84. The highest BCUT2D eigenvalue weighted by Gasteiger charge is 2.33. The molecule has 170 valence electrons. The highest BCUT2D eigenvalue weighted by Crippen LogP contribution is 2.33. The number of fused-ring (bicyclic) bond motifs is 1. The Hall–Kier alpha value is -2.69. The molecule has 1 atom stereocenters. The molecule has 32 heavy (non-hydrogen) atoms. The maximum absolute atomic E-state index is 13.4. The molecular weight excluding hydrogens is 461 g/mol. The summed E-state index contributed by atoms with van der Waals surface area (Å²) in [6.45, 7) is 2.37. The number of anilines is 1. The van der Waals surface area contributed by atoms with E-state index in [9.17, 15) is 22.4 Å². The Bertz CT molecular complexity index is 1180. The number of sulfonamides is 1. The van der Waals surface area contributed by atoms with Crippen molar-refractivity contribution in [2.24, 2.45) is 0 Å². The van der Waals surface area contributed by atoms with Gasteiger partial charge in [-0.15, -0.1) is 0 Å². The van der Waals surface area contributed by atoms with Crippen LogP contribution in [0.3, 0.4) is 0 Å². The fraction of sp³-hybridized carbons (Fsp3) is 0.333. The van der Waals surface area contributed by atoms with Crippen LogP contribution in [0.4, 0.5) is 10.1 Å². The zero-order valence-electron chi connectivity index (χ0n) is 17.2. The van der Waals surface area contributed by atoms with Gasteiger partial charge in [0.05, 0.1) is 15.6 Å². The Labute approximate surface area is 189 Å². The lowest BCUT2D eigenvalue weighted by Crippen LogP contribution is -2.50. The number of hydrogen-bond donors (Lipinski definition) is 1. The third-order valence-electron chi connectivity index (χ3n) is 5.47. The number of carbonyl (C=O) groups is 2. The fourth-order valence-corrected chi connectivity index (χ4v) is 5.28. The molecule has 0 spiro atoms. The predicted octanol–water partition coefficient (Wildman–Crippen LogP) is 2.74. The maximum Gasteiger partial charge on any atom is 0.265 e. The number of halogens is 2. The van der Waals surface area contributed by atoms with Crippen molar-refractivity contribution in [1.82, 2.24) is 9.21 Å². The second-order valence-electron chi connectivity index (χ2n) is 7.49. The third kappa shape index (κ3) is 4.17. The van der Waals surface area contributed by atoms with E-state index in [1.54, 1.807) is 0 Å². The molecule has 2 aromatic carbocycles. The van der Waals surface area contributed by atoms with E-state index < -0.39 is 21.9 Å². The highest BCUT2D eigenvalue weighted by atomic mass is 35.5. The third-order valence-corrected chi connectivity index (χ3v) is 7.66. The van der Waals surface area contributed by atoms with Gasteiger partial charge in [-0.2, -0.15) is 4.31 Å². The number of benzene rings is 2. The smallest absolute Gasteiger partial charge is 0.265 e. The minimum absolute atomic E-state index is 0.0280. The van der Waals surface area contributed by atoms with Crippen LogP contribution in [0.1, 0.15) is 23.7 Å². The van der Waals surface area contributed by atoms with Crippen LogP contribution in [0.5, 0.6) is 5.75 Å². The number of ether oxygens (including phenoxy) is 1. The van der Waals surface area contributed by atoms with Gasteiger partial charge in [0, 0.05) is 31.7 Å². The van der Waals surface area contributed by atoms with Crippen molar-refractivity contribution in [1.29, 1.82) is 0 Å². The van der Waals surface area contributed by atoms with Crippen molar-refractivity contribution in [2.75, 3.05) is 31.5 Å². The summed E-state index contributed by atoms with van der Waals surface area (Å²) in [5, 5.41) is 2.54. The lowest BCUT2D eigenvalue weighted by molar-refractivity contribution is -0.123. The second kappa shape index (κ2) is 8.68. The summed E-state index contributed by atoms with van der Waals surface area (Å²) < 4.78 is 46.5. The maximum atomic E-state index is 13.4. The predicted molar refractivity (Wildman–Crippen MR) is 116 cm³/mol. The largest absolute Gasteiger partial charge is 0.478 e. The molecule has 0 aliphatic carbocycles. The number of rotatable bonds is 4. The standard InChI is InChI=1S/C21H21ClFN3O5S/c1-2-18-20(27)24-17-12-14(4-6-19(17)31-18)32(29,30)26-9-7-25(8-10-26)21(28)13-3-5-16(23)15(22)11-13/h3-6,11-12,18H,2,7-10H2,1H3,(H,24,27)/t18-/m1/s1. The van der Waals surface area contributed by atoms with E-state index in [4.69, 9.17) is 16.3 Å². The SMILES string of the molecule is CC[C@H]1Oc2ccc(S(=O)(=O)N3CCN(C(=O)c4ccc(F)c(Cl)c4)CC3)cc2NC1=O. The van der Waals surface area contributed by atoms with Crippen molar-refractivity contribution in [3.63, 3.8) is 0 Å². The van der Waals surface area contributed by atoms with E-state index in [0.29, 0.717) is 17.9 Å². The van der Waals surface area contributed by atoms with Crippen molar-refractivity contribution >= 4 is 39.1 Å². The minimum Gasteiger partial charge on any atom is -0.478 e. The molecule has 1 saturated heterocycles. The molecule has 4 rings (SSSR count). The Morgan fingerprint density at radius 2 is 1.91 bits per heavy atom. The van der Waals surface area contributed by atoms with Gasteiger partial charge in [0.2, 0.25) is 10.0 Å². The molecule has 0 saturated carbocycles. The average Bonchev–Trinajstić information content (AvgIpc) is 2.79. The summed E-state index contributed by atoms with van der Waals surface area (Å²) in [6.07, 6.45) is -0.107. The first-order valence-corrected chi connectivity index (χ1v) is 11.9. The van der Waals surface area contributed by atoms with E-state index in [0.717, 1.165) is 6.07 Å². The summed E-state index contributed by atoms with van der Waals surface area (Å²) in [7, 11) is -3.84. The van der Waals surface area contributed by atoms with Crippen LogP contribution in [-0.2, 0) is 14.8 Å². The first kappa shape index (κ1) is 22.5. The Morgan fingerprint density at radius 3 is 2.56 bits per heavy atom. The molecule has 0 aromatic heterocycles. The number of nitrogens with one attached hydrogen (secondary N) is 1. The van der Waals surface area contributed by atoms with Gasteiger partial charge in [-0.25, -0.2) is 12.8 Å². The summed E-state index contributed by atoms with van der Waals surface area (Å²) in [5.74, 6) is -0.856. The van der Waals surface area contributed by atoms with Crippen molar-refractivity contribution in [3.05, 3.63) is 52.8 Å². The van der Waals surface area contributed by atoms with Crippen molar-refractivity contribution in [2.45, 2.75) is 24.3 Å². The van der Waals surface area contributed by atoms with E-state index in [1.807, 2.05) is 6.92 Å². The first-order valence-electron chi connectivity index (χ1n) is 10.1. The topological polar surface area (TPSA) is 96.0 Å². The Kier molecular flexibility index (Phi) is 6.11. The second-order valence-corrected chi connectivity index (χ2v) is 9.83. The molecule has 2 aliphatic rings. The molecule has 0 radical (unpaired) electrons. The van der Waals surface area contributed by atoms with Crippen LogP contribution in [0, 0.1) is 5.82 Å². The molecule has 2 amide bonds. The fourth-order valence-electron chi connectivity index (χ4n) is 3.65. The van der Waals surface area contributed by atoms with Gasteiger partial charge in [0.25, 0.3) is 11.8 Å². The van der Waals surface area contributed by atoms with Gasteiger partial charge in [0.1, 0.15) is 11.6 Å². The van der Waals surface area contributed by atoms with Crippen LogP contribution < -0.4 is 10.1 Å². The van der Waals surface area contributed by atoms with E-state index in [1.165, 1.54) is 39.5 Å². The number of carbonyl (C=O) groups excluding carboxylic acids is 2. The highest BCUT2D eigenvalue weighted by molar-refractivity contribution is 7.89. The van der Waals surface area contributed by atoms with Crippen LogP contribution in [-0.4, -0.2) is 61.7 Å². The van der Waals surface area contributed by atoms with Crippen molar-refractivity contribution < 1.29 is 27.1 Å². The normalized spacial score (nSPS) is 19.2.